The topological polar surface area (TPSA) is 88.9 Å². The van der Waals surface area contributed by atoms with Crippen LogP contribution in [0.25, 0.3) is 10.9 Å². The zero-order valence-electron chi connectivity index (χ0n) is 20.0. The van der Waals surface area contributed by atoms with Gasteiger partial charge in [0, 0.05) is 28.7 Å². The number of benzene rings is 3. The second-order valence-electron chi connectivity index (χ2n) is 9.02. The fraction of sp³-hybridized carbons (Fsp3) is 0.214. The van der Waals surface area contributed by atoms with Gasteiger partial charge in [-0.3, -0.25) is 4.79 Å². The molecule has 0 radical (unpaired) electrons. The molecule has 1 aliphatic heterocycles. The molecule has 0 amide bonds. The Morgan fingerprint density at radius 2 is 1.86 bits per heavy atom. The standard InChI is InChI=1S/C28H26N6O2/c1-36-22-13-14-24-21(16-22)17-23(28(35)29-24)26(33-15-7-11-20-10-5-6-12-25(20)33)27-30-31-32-34(27)18-19-8-3-2-4-9-19/h2-6,8-10,12-14,16-17,26H,7,11,15,18H2,1H3,(H,29,35)/t26-/m0/s1. The van der Waals surface area contributed by atoms with Crippen LogP contribution < -0.4 is 15.2 Å². The van der Waals surface area contributed by atoms with Crippen molar-refractivity contribution in [2.75, 3.05) is 18.6 Å². The third-order valence-electron chi connectivity index (χ3n) is 6.81. The average molecular weight is 479 g/mol. The highest BCUT2D eigenvalue weighted by atomic mass is 16.5. The summed E-state index contributed by atoms with van der Waals surface area (Å²) in [5.74, 6) is 1.36. The van der Waals surface area contributed by atoms with Crippen LogP contribution in [-0.2, 0) is 13.0 Å². The largest absolute Gasteiger partial charge is 0.497 e. The van der Waals surface area contributed by atoms with Crippen molar-refractivity contribution in [3.63, 3.8) is 0 Å². The van der Waals surface area contributed by atoms with Crippen LogP contribution in [0.5, 0.6) is 5.75 Å². The number of rotatable bonds is 6. The summed E-state index contributed by atoms with van der Waals surface area (Å²) in [6.07, 6.45) is 1.98. The van der Waals surface area contributed by atoms with E-state index in [1.807, 2.05) is 60.7 Å². The van der Waals surface area contributed by atoms with Crippen molar-refractivity contribution in [1.82, 2.24) is 25.2 Å². The number of nitrogens with one attached hydrogen (secondary N) is 1. The van der Waals surface area contributed by atoms with Gasteiger partial charge in [0.25, 0.3) is 5.56 Å². The first kappa shape index (κ1) is 22.0. The zero-order valence-corrected chi connectivity index (χ0v) is 20.0. The second kappa shape index (κ2) is 9.30. The fourth-order valence-electron chi connectivity index (χ4n) is 5.09. The lowest BCUT2D eigenvalue weighted by Gasteiger charge is -2.37. The summed E-state index contributed by atoms with van der Waals surface area (Å²) in [5.41, 5.74) is 4.64. The van der Waals surface area contributed by atoms with E-state index in [4.69, 9.17) is 4.74 Å². The summed E-state index contributed by atoms with van der Waals surface area (Å²) < 4.78 is 7.23. The molecule has 8 nitrogen and oxygen atoms in total. The number of fused-ring (bicyclic) bond motifs is 2. The van der Waals surface area contributed by atoms with Gasteiger partial charge in [0.2, 0.25) is 0 Å². The van der Waals surface area contributed by atoms with Gasteiger partial charge in [0.05, 0.1) is 13.7 Å². The number of hydrogen-bond acceptors (Lipinski definition) is 6. The van der Waals surface area contributed by atoms with Gasteiger partial charge in [-0.25, -0.2) is 4.68 Å². The molecule has 5 aromatic rings. The average Bonchev–Trinajstić information content (AvgIpc) is 3.37. The van der Waals surface area contributed by atoms with Gasteiger partial charge in [0.15, 0.2) is 5.82 Å². The molecule has 6 rings (SSSR count). The third kappa shape index (κ3) is 4.00. The predicted octanol–water partition coefficient (Wildman–Crippen LogP) is 4.11. The SMILES string of the molecule is COc1ccc2[nH]c(=O)c([C@@H](c3nnnn3Cc3ccccc3)N3CCCc4ccccc43)cc2c1. The number of nitrogens with zero attached hydrogens (tertiary/aromatic N) is 5. The van der Waals surface area contributed by atoms with E-state index in [1.54, 1.807) is 11.8 Å². The van der Waals surface area contributed by atoms with Crippen molar-refractivity contribution in [1.29, 1.82) is 0 Å². The summed E-state index contributed by atoms with van der Waals surface area (Å²) in [4.78, 5) is 18.9. The van der Waals surface area contributed by atoms with E-state index in [0.29, 0.717) is 17.9 Å². The van der Waals surface area contributed by atoms with Gasteiger partial charge in [0.1, 0.15) is 11.8 Å². The Balaban J connectivity index is 1.54. The molecule has 0 bridgehead atoms. The Kier molecular flexibility index (Phi) is 5.69. The van der Waals surface area contributed by atoms with E-state index in [2.05, 4.69) is 43.6 Å². The van der Waals surface area contributed by atoms with Gasteiger partial charge < -0.3 is 14.6 Å². The Morgan fingerprint density at radius 3 is 2.72 bits per heavy atom. The molecule has 8 heteroatoms. The minimum Gasteiger partial charge on any atom is -0.497 e. The summed E-state index contributed by atoms with van der Waals surface area (Å²) >= 11 is 0. The summed E-state index contributed by atoms with van der Waals surface area (Å²) in [6.45, 7) is 1.30. The highest BCUT2D eigenvalue weighted by molar-refractivity contribution is 5.81. The molecule has 0 fully saturated rings. The lowest BCUT2D eigenvalue weighted by atomic mass is 9.96. The van der Waals surface area contributed by atoms with Crippen molar-refractivity contribution in [3.05, 3.63) is 112 Å². The van der Waals surface area contributed by atoms with Crippen LogP contribution in [0.3, 0.4) is 0 Å². The molecule has 0 saturated heterocycles. The first-order valence-electron chi connectivity index (χ1n) is 12.1. The van der Waals surface area contributed by atoms with E-state index >= 15 is 0 Å². The molecule has 0 saturated carbocycles. The van der Waals surface area contributed by atoms with Crippen LogP contribution in [0.4, 0.5) is 5.69 Å². The van der Waals surface area contributed by atoms with Crippen LogP contribution >= 0.6 is 0 Å². The summed E-state index contributed by atoms with van der Waals surface area (Å²) in [7, 11) is 1.64. The number of aryl methyl sites for hydroxylation is 1. The van der Waals surface area contributed by atoms with E-state index in [-0.39, 0.29) is 5.56 Å². The van der Waals surface area contributed by atoms with E-state index in [1.165, 1.54) is 5.56 Å². The molecule has 0 unspecified atom stereocenters. The molecule has 180 valence electrons. The maximum absolute atomic E-state index is 13.6. The van der Waals surface area contributed by atoms with E-state index in [0.717, 1.165) is 47.3 Å². The van der Waals surface area contributed by atoms with Crippen molar-refractivity contribution in [2.45, 2.75) is 25.4 Å². The number of anilines is 1. The van der Waals surface area contributed by atoms with Crippen LogP contribution in [0.15, 0.2) is 83.7 Å². The number of hydrogen-bond donors (Lipinski definition) is 1. The molecule has 36 heavy (non-hydrogen) atoms. The van der Waals surface area contributed by atoms with Gasteiger partial charge in [-0.1, -0.05) is 48.5 Å². The van der Waals surface area contributed by atoms with Crippen LogP contribution in [0.2, 0.25) is 0 Å². The number of ether oxygens (including phenoxy) is 1. The molecule has 1 N–H and O–H groups in total. The normalized spacial score (nSPS) is 14.0. The highest BCUT2D eigenvalue weighted by Crippen LogP contribution is 2.37. The lowest BCUT2D eigenvalue weighted by Crippen LogP contribution is -2.38. The van der Waals surface area contributed by atoms with Crippen molar-refractivity contribution in [2.24, 2.45) is 0 Å². The Bertz CT molecular complexity index is 1580. The smallest absolute Gasteiger partial charge is 0.254 e. The Morgan fingerprint density at radius 1 is 1.03 bits per heavy atom. The first-order valence-corrected chi connectivity index (χ1v) is 12.1. The van der Waals surface area contributed by atoms with Crippen LogP contribution in [0, 0.1) is 0 Å². The maximum Gasteiger partial charge on any atom is 0.254 e. The second-order valence-corrected chi connectivity index (χ2v) is 9.02. The Labute approximate surface area is 208 Å². The first-order chi connectivity index (χ1) is 17.7. The number of methoxy groups -OCH3 is 1. The number of tetrazole rings is 1. The van der Waals surface area contributed by atoms with Gasteiger partial charge >= 0.3 is 0 Å². The zero-order chi connectivity index (χ0) is 24.5. The number of aromatic amines is 1. The van der Waals surface area contributed by atoms with Crippen molar-refractivity contribution >= 4 is 16.6 Å². The predicted molar refractivity (Wildman–Crippen MR) is 138 cm³/mol. The van der Waals surface area contributed by atoms with Gasteiger partial charge in [-0.15, -0.1) is 5.10 Å². The van der Waals surface area contributed by atoms with Crippen molar-refractivity contribution in [3.8, 4) is 5.75 Å². The number of aromatic nitrogens is 5. The molecule has 2 aromatic heterocycles. The number of H-pyrrole nitrogens is 1. The molecule has 1 atom stereocenters. The maximum atomic E-state index is 13.6. The lowest BCUT2D eigenvalue weighted by molar-refractivity contribution is 0.415. The van der Waals surface area contributed by atoms with E-state index in [9.17, 15) is 4.79 Å². The molecular weight excluding hydrogens is 452 g/mol. The fourth-order valence-corrected chi connectivity index (χ4v) is 5.09. The summed E-state index contributed by atoms with van der Waals surface area (Å²) in [6, 6.07) is 25.6. The quantitative estimate of drug-likeness (QED) is 0.395. The summed E-state index contributed by atoms with van der Waals surface area (Å²) in [5, 5.41) is 13.7. The highest BCUT2D eigenvalue weighted by Gasteiger charge is 2.33. The number of pyridine rings is 1. The molecule has 0 spiro atoms. The molecule has 0 aliphatic carbocycles. The minimum absolute atomic E-state index is 0.157. The van der Waals surface area contributed by atoms with Crippen LogP contribution in [-0.4, -0.2) is 38.8 Å². The van der Waals surface area contributed by atoms with E-state index < -0.39 is 6.04 Å². The monoisotopic (exact) mass is 478 g/mol. The van der Waals surface area contributed by atoms with Crippen LogP contribution in [0.1, 0.15) is 35.0 Å². The molecule has 3 heterocycles. The Hall–Kier alpha value is -4.46. The number of para-hydroxylation sites is 1. The molecule has 1 aliphatic rings. The molecular formula is C28H26N6O2. The minimum atomic E-state index is -0.468. The third-order valence-corrected chi connectivity index (χ3v) is 6.81. The van der Waals surface area contributed by atoms with Gasteiger partial charge in [-0.2, -0.15) is 0 Å². The van der Waals surface area contributed by atoms with Crippen molar-refractivity contribution < 1.29 is 4.74 Å². The molecule has 3 aromatic carbocycles. The van der Waals surface area contributed by atoms with Gasteiger partial charge in [-0.05, 0) is 64.7 Å².